The first-order chi connectivity index (χ1) is 42.3. The fraction of sp³-hybridized carbons (Fsp3) is 0.614. The summed E-state index contributed by atoms with van der Waals surface area (Å²) in [5.41, 5.74) is 2.68. The summed E-state index contributed by atoms with van der Waals surface area (Å²) in [4.78, 5) is 74.6. The molecule has 512 valence electrons. The summed E-state index contributed by atoms with van der Waals surface area (Å²) in [5.74, 6) is -2.87. The molecule has 1 aromatic rings. The number of aliphatic carboxylic acids is 2. The molecule has 0 amide bonds. The van der Waals surface area contributed by atoms with E-state index in [1.165, 1.54) is 103 Å². The minimum atomic E-state index is -0.935. The van der Waals surface area contributed by atoms with Crippen LogP contribution in [0, 0.1) is 5.92 Å². The molecular weight excluding hydrogens is 1140 g/mol. The lowest BCUT2D eigenvalue weighted by Crippen LogP contribution is -2.12. The predicted octanol–water partition coefficient (Wildman–Crippen LogP) is 13.4. The SMILES string of the molecule is C=C(C)C(=O)O.C=C(C)C(=O)OC.C=C(C)C(=O)OCC1CO1.C=C(C)C(=O)OCCCC.C=CC(=O)OCC(CC)CCCC.C=CC(=O)OCCO.C=Cc1ccccc1.CCCCCCC(O)CCCCCCCCCCC(=O)O.OCCN1CC1. The number of hydrogen-bond donors (Lipinski definition) is 5. The molecule has 19 nitrogen and oxygen atoms in total. The van der Waals surface area contributed by atoms with Crippen molar-refractivity contribution in [2.45, 2.75) is 202 Å². The molecule has 2 aliphatic heterocycles. The van der Waals surface area contributed by atoms with Crippen molar-refractivity contribution in [3.05, 3.63) is 116 Å². The summed E-state index contributed by atoms with van der Waals surface area (Å²) in [6, 6.07) is 10.0. The Balaban J connectivity index is -0.000000225. The van der Waals surface area contributed by atoms with Crippen molar-refractivity contribution < 1.29 is 87.5 Å². The fourth-order valence-corrected chi connectivity index (χ4v) is 6.12. The second-order valence-electron chi connectivity index (χ2n) is 20.8. The molecule has 0 spiro atoms. The van der Waals surface area contributed by atoms with Crippen LogP contribution in [0.4, 0.5) is 0 Å². The van der Waals surface area contributed by atoms with Gasteiger partial charge in [0.05, 0.1) is 46.2 Å². The number of epoxide rings is 1. The van der Waals surface area contributed by atoms with Crippen LogP contribution in [0.3, 0.4) is 0 Å². The normalized spacial score (nSPS) is 12.2. The quantitative estimate of drug-likeness (QED) is 0.0135. The number of aliphatic hydroxyl groups excluding tert-OH is 3. The number of ether oxygens (including phenoxy) is 6. The van der Waals surface area contributed by atoms with E-state index in [1.807, 2.05) is 36.4 Å². The summed E-state index contributed by atoms with van der Waals surface area (Å²) >= 11 is 0. The minimum absolute atomic E-state index is 0.0465. The van der Waals surface area contributed by atoms with Gasteiger partial charge in [-0.25, -0.2) is 28.8 Å². The third-order valence-electron chi connectivity index (χ3n) is 11.9. The number of β-amino-alcohol motifs (C(OH)–C–C–N with tert-alkyl or cyclic N) is 1. The molecule has 0 radical (unpaired) electrons. The monoisotopic (exact) mass is 1260 g/mol. The number of nitrogens with zero attached hydrogens (tertiary/aromatic N) is 1. The molecule has 0 aliphatic carbocycles. The van der Waals surface area contributed by atoms with Crippen LogP contribution in [0.15, 0.2) is 111 Å². The lowest BCUT2D eigenvalue weighted by atomic mass is 10.0. The maximum atomic E-state index is 10.8. The topological polar surface area (TPSA) is 282 Å². The minimum Gasteiger partial charge on any atom is -0.481 e. The molecule has 0 saturated carbocycles. The van der Waals surface area contributed by atoms with E-state index in [4.69, 9.17) is 39.4 Å². The number of aliphatic hydroxyl groups is 3. The van der Waals surface area contributed by atoms with Gasteiger partial charge in [-0.15, -0.1) is 0 Å². The van der Waals surface area contributed by atoms with Crippen LogP contribution >= 0.6 is 0 Å². The number of rotatable bonds is 38. The molecule has 3 atom stereocenters. The number of carboxylic acids is 2. The Bertz CT molecular complexity index is 2020. The van der Waals surface area contributed by atoms with Crippen LogP contribution in [0.1, 0.15) is 196 Å². The molecule has 3 unspecified atom stereocenters. The van der Waals surface area contributed by atoms with Crippen molar-refractivity contribution >= 4 is 47.9 Å². The molecule has 89 heavy (non-hydrogen) atoms. The van der Waals surface area contributed by atoms with Gasteiger partial charge >= 0.3 is 41.8 Å². The number of carboxylic acid groups (broad SMARTS) is 2. The second-order valence-corrected chi connectivity index (χ2v) is 20.8. The number of carbonyl (C=O) groups is 7. The number of carbonyl (C=O) groups excluding carboxylic acids is 5. The van der Waals surface area contributed by atoms with Gasteiger partial charge in [0.15, 0.2) is 0 Å². The zero-order valence-corrected chi connectivity index (χ0v) is 56.2. The molecule has 3 rings (SSSR count). The van der Waals surface area contributed by atoms with E-state index in [0.717, 1.165) is 76.8 Å². The maximum absolute atomic E-state index is 10.8. The van der Waals surface area contributed by atoms with Crippen LogP contribution in [-0.2, 0) is 62.0 Å². The zero-order valence-electron chi connectivity index (χ0n) is 56.2. The molecule has 2 aliphatic rings. The number of esters is 5. The van der Waals surface area contributed by atoms with Crippen molar-refractivity contribution in [1.29, 1.82) is 0 Å². The Morgan fingerprint density at radius 3 is 1.40 bits per heavy atom. The van der Waals surface area contributed by atoms with E-state index in [-0.39, 0.29) is 54.9 Å². The second kappa shape index (κ2) is 70.6. The fourth-order valence-electron chi connectivity index (χ4n) is 6.12. The van der Waals surface area contributed by atoms with Crippen LogP contribution in [0.5, 0.6) is 0 Å². The maximum Gasteiger partial charge on any atom is 0.333 e. The molecule has 5 N–H and O–H groups in total. The van der Waals surface area contributed by atoms with E-state index in [0.29, 0.717) is 62.1 Å². The molecule has 2 saturated heterocycles. The molecule has 2 heterocycles. The lowest BCUT2D eigenvalue weighted by Gasteiger charge is -2.13. The summed E-state index contributed by atoms with van der Waals surface area (Å²) in [5, 5.41) is 42.6. The van der Waals surface area contributed by atoms with E-state index in [9.17, 15) is 38.7 Å². The van der Waals surface area contributed by atoms with Crippen molar-refractivity contribution in [2.24, 2.45) is 5.92 Å². The van der Waals surface area contributed by atoms with Crippen LogP contribution in [0.2, 0.25) is 0 Å². The van der Waals surface area contributed by atoms with Crippen molar-refractivity contribution in [2.75, 3.05) is 73.0 Å². The largest absolute Gasteiger partial charge is 0.481 e. The van der Waals surface area contributed by atoms with E-state index in [1.54, 1.807) is 20.8 Å². The smallest absolute Gasteiger partial charge is 0.333 e. The van der Waals surface area contributed by atoms with E-state index < -0.39 is 17.9 Å². The van der Waals surface area contributed by atoms with Gasteiger partial charge in [-0.05, 0) is 71.3 Å². The van der Waals surface area contributed by atoms with Gasteiger partial charge in [-0.3, -0.25) is 9.69 Å². The van der Waals surface area contributed by atoms with E-state index >= 15 is 0 Å². The Morgan fingerprint density at radius 2 is 1.06 bits per heavy atom. The van der Waals surface area contributed by atoms with Gasteiger partial charge in [0.1, 0.15) is 19.3 Å². The van der Waals surface area contributed by atoms with Crippen molar-refractivity contribution in [3.8, 4) is 0 Å². The molecule has 0 bridgehead atoms. The first-order valence-electron chi connectivity index (χ1n) is 31.3. The van der Waals surface area contributed by atoms with Crippen LogP contribution < -0.4 is 0 Å². The first-order valence-corrected chi connectivity index (χ1v) is 31.3. The van der Waals surface area contributed by atoms with Gasteiger partial charge < -0.3 is 54.0 Å². The summed E-state index contributed by atoms with van der Waals surface area (Å²) < 4.78 is 28.0. The molecule has 0 aromatic heterocycles. The Labute approximate surface area is 536 Å². The summed E-state index contributed by atoms with van der Waals surface area (Å²) in [6.45, 7) is 44.0. The predicted molar refractivity (Wildman–Crippen MR) is 357 cm³/mol. The summed E-state index contributed by atoms with van der Waals surface area (Å²) in [7, 11) is 1.33. The highest BCUT2D eigenvalue weighted by Crippen LogP contribution is 2.15. The van der Waals surface area contributed by atoms with Gasteiger partial charge in [0.2, 0.25) is 0 Å². The van der Waals surface area contributed by atoms with Gasteiger partial charge in [0.25, 0.3) is 0 Å². The Kier molecular flexibility index (Phi) is 74.2. The molecule has 2 fully saturated rings. The highest BCUT2D eigenvalue weighted by Gasteiger charge is 2.24. The average Bonchev–Trinajstić information content (AvgIpc) is 4.67. The third-order valence-corrected chi connectivity index (χ3v) is 11.9. The Morgan fingerprint density at radius 1 is 0.596 bits per heavy atom. The standard InChI is InChI=1S/C18H36O3.C11H20O2.C8H14O2.C8H8.C7H10O3.C5H8O3.C5H8O2.C4H9NO.C4H6O2/c1-2-3-4-11-14-17(19)15-12-9-7-5-6-8-10-13-16-18(20)21;1-4-7-8-10(5-2)9-13-11(12)6-3;1-4-5-6-10-8(9)7(2)3;1-2-8-6-4-3-5-7-8;1-5(2)7(8)10-4-6-3-9-6;1-2-5(7)8-4-3-6;1-4(2)5(6)7-3;6-4-3-5-1-2-5;1-3(2)4(5)6/h17,19H,2-16H2,1H3,(H,20,21);6,10H,3-5,7-9H2,1-2H3;2,4-6H2,1,3H3;2-7H,1H2;6H,1,3-4H2,2H3;2,6H,1,3-4H2;1H2,2-3H3;6H,1-4H2;1H2,2H3,(H,5,6). The number of unbranched alkanes of at least 4 members (excludes halogenated alkanes) is 12. The molecule has 1 aromatic carbocycles. The van der Waals surface area contributed by atoms with Gasteiger partial charge in [0, 0.05) is 60.5 Å². The molecule has 19 heteroatoms. The van der Waals surface area contributed by atoms with Gasteiger partial charge in [-0.1, -0.05) is 206 Å². The average molecular weight is 1260 g/mol. The van der Waals surface area contributed by atoms with E-state index in [2.05, 4.69) is 88.1 Å². The lowest BCUT2D eigenvalue weighted by molar-refractivity contribution is -0.140. The van der Waals surface area contributed by atoms with Crippen molar-refractivity contribution in [1.82, 2.24) is 4.90 Å². The zero-order chi connectivity index (χ0) is 69.1. The third kappa shape index (κ3) is 83.6. The first kappa shape index (κ1) is 93.6. The number of benzene rings is 1. The highest BCUT2D eigenvalue weighted by atomic mass is 16.6. The number of hydrogen-bond acceptors (Lipinski definition) is 17. The highest BCUT2D eigenvalue weighted by molar-refractivity contribution is 5.87. The summed E-state index contributed by atoms with van der Waals surface area (Å²) in [6.07, 6.45) is 27.1. The molecular formula is C70H119NO18. The van der Waals surface area contributed by atoms with Gasteiger partial charge in [-0.2, -0.15) is 0 Å². The van der Waals surface area contributed by atoms with Crippen molar-refractivity contribution in [3.63, 3.8) is 0 Å². The Hall–Kier alpha value is -6.51. The van der Waals surface area contributed by atoms with Crippen LogP contribution in [0.25, 0.3) is 6.08 Å². The number of methoxy groups -OCH3 is 1. The van der Waals surface area contributed by atoms with Crippen LogP contribution in [-0.4, -0.2) is 157 Å².